The van der Waals surface area contributed by atoms with Crippen molar-refractivity contribution in [3.63, 3.8) is 0 Å². The highest BCUT2D eigenvalue weighted by atomic mass is 35.5. The van der Waals surface area contributed by atoms with Crippen LogP contribution in [0.3, 0.4) is 0 Å². The number of hydrogen-bond donors (Lipinski definition) is 1. The molecule has 0 amide bonds. The van der Waals surface area contributed by atoms with Gasteiger partial charge in [0.05, 0.1) is 22.6 Å². The average Bonchev–Trinajstić information content (AvgIpc) is 3.02. The molecule has 1 aliphatic rings. The van der Waals surface area contributed by atoms with Crippen molar-refractivity contribution in [2.75, 3.05) is 11.9 Å². The minimum atomic E-state index is -0.398. The molecule has 0 unspecified atom stereocenters. The third kappa shape index (κ3) is 3.00. The Morgan fingerprint density at radius 3 is 2.93 bits per heavy atom. The quantitative estimate of drug-likeness (QED) is 0.527. The second-order valence-corrected chi connectivity index (χ2v) is 6.74. The van der Waals surface area contributed by atoms with Crippen molar-refractivity contribution in [2.45, 2.75) is 13.0 Å². The number of para-hydroxylation sites is 2. The highest BCUT2D eigenvalue weighted by molar-refractivity contribution is 6.30. The number of hydrogen-bond acceptors (Lipinski definition) is 4. The summed E-state index contributed by atoms with van der Waals surface area (Å²) in [6.07, 6.45) is 1.55. The van der Waals surface area contributed by atoms with E-state index in [1.807, 2.05) is 60.0 Å². The Labute approximate surface area is 161 Å². The molecule has 1 atom stereocenters. The fourth-order valence-electron chi connectivity index (χ4n) is 3.43. The first-order valence-electron chi connectivity index (χ1n) is 8.58. The summed E-state index contributed by atoms with van der Waals surface area (Å²) in [6, 6.07) is 14.9. The zero-order valence-corrected chi connectivity index (χ0v) is 15.5. The van der Waals surface area contributed by atoms with Gasteiger partial charge in [-0.3, -0.25) is 4.57 Å². The number of rotatable bonds is 4. The van der Waals surface area contributed by atoms with Gasteiger partial charge in [-0.15, -0.1) is 0 Å². The molecule has 6 heteroatoms. The van der Waals surface area contributed by atoms with Crippen LogP contribution in [0.25, 0.3) is 11.0 Å². The van der Waals surface area contributed by atoms with E-state index in [1.54, 1.807) is 6.08 Å². The Balaban J connectivity index is 1.95. The van der Waals surface area contributed by atoms with Crippen molar-refractivity contribution >= 4 is 34.6 Å². The number of nitrogens with zero attached hydrogens (tertiary/aromatic N) is 2. The lowest BCUT2D eigenvalue weighted by Crippen LogP contribution is -2.29. The van der Waals surface area contributed by atoms with Crippen LogP contribution in [0.4, 0.5) is 5.95 Å². The molecular formula is C21H18ClN3O2. The molecule has 5 nitrogen and oxygen atoms in total. The van der Waals surface area contributed by atoms with Crippen molar-refractivity contribution in [2.24, 2.45) is 0 Å². The van der Waals surface area contributed by atoms with Gasteiger partial charge in [0.25, 0.3) is 0 Å². The van der Waals surface area contributed by atoms with Gasteiger partial charge in [0.15, 0.2) is 0 Å². The smallest absolute Gasteiger partial charge is 0.338 e. The summed E-state index contributed by atoms with van der Waals surface area (Å²) < 4.78 is 7.38. The summed E-state index contributed by atoms with van der Waals surface area (Å²) in [6.45, 7) is 5.61. The molecule has 0 fully saturated rings. The second kappa shape index (κ2) is 6.93. The maximum atomic E-state index is 12.9. The maximum Gasteiger partial charge on any atom is 0.338 e. The average molecular weight is 380 g/mol. The lowest BCUT2D eigenvalue weighted by atomic mass is 9.95. The fraction of sp³-hybridized carbons (Fsp3) is 0.143. The van der Waals surface area contributed by atoms with Gasteiger partial charge in [-0.2, -0.15) is 0 Å². The van der Waals surface area contributed by atoms with E-state index in [1.165, 1.54) is 0 Å². The number of benzene rings is 2. The Morgan fingerprint density at radius 2 is 2.15 bits per heavy atom. The van der Waals surface area contributed by atoms with Crippen molar-refractivity contribution in [3.8, 4) is 0 Å². The van der Waals surface area contributed by atoms with E-state index in [-0.39, 0.29) is 6.61 Å². The van der Waals surface area contributed by atoms with Crippen LogP contribution in [0.2, 0.25) is 5.02 Å². The van der Waals surface area contributed by atoms with Crippen molar-refractivity contribution in [1.82, 2.24) is 9.55 Å². The van der Waals surface area contributed by atoms with Gasteiger partial charge in [-0.25, -0.2) is 9.78 Å². The molecule has 0 saturated carbocycles. The first-order valence-corrected chi connectivity index (χ1v) is 8.96. The summed E-state index contributed by atoms with van der Waals surface area (Å²) in [7, 11) is 0. The van der Waals surface area contributed by atoms with Gasteiger partial charge in [0, 0.05) is 10.7 Å². The van der Waals surface area contributed by atoms with Crippen molar-refractivity contribution < 1.29 is 9.53 Å². The number of nitrogens with one attached hydrogen (secondary N) is 1. The molecule has 0 saturated heterocycles. The molecule has 1 N–H and O–H groups in total. The highest BCUT2D eigenvalue weighted by Gasteiger charge is 2.34. The van der Waals surface area contributed by atoms with Crippen molar-refractivity contribution in [3.05, 3.63) is 83.0 Å². The van der Waals surface area contributed by atoms with E-state index in [0.29, 0.717) is 22.2 Å². The zero-order chi connectivity index (χ0) is 19.0. The Hall–Kier alpha value is -3.05. The number of carbonyl (C=O) groups is 1. The van der Waals surface area contributed by atoms with Crippen LogP contribution in [-0.4, -0.2) is 22.1 Å². The number of imidazole rings is 1. The molecule has 136 valence electrons. The number of aromatic nitrogens is 2. The summed E-state index contributed by atoms with van der Waals surface area (Å²) in [5.41, 5.74) is 3.89. The summed E-state index contributed by atoms with van der Waals surface area (Å²) in [5.74, 6) is 0.284. The van der Waals surface area contributed by atoms with E-state index < -0.39 is 12.0 Å². The highest BCUT2D eigenvalue weighted by Crippen LogP contribution is 2.39. The second-order valence-electron chi connectivity index (χ2n) is 6.30. The largest absolute Gasteiger partial charge is 0.458 e. The molecule has 3 aromatic rings. The predicted octanol–water partition coefficient (Wildman–Crippen LogP) is 4.71. The van der Waals surface area contributed by atoms with E-state index in [9.17, 15) is 4.79 Å². The lowest BCUT2D eigenvalue weighted by Gasteiger charge is -2.30. The lowest BCUT2D eigenvalue weighted by molar-refractivity contribution is -0.138. The summed E-state index contributed by atoms with van der Waals surface area (Å²) in [5, 5.41) is 3.85. The summed E-state index contributed by atoms with van der Waals surface area (Å²) in [4.78, 5) is 17.5. The Morgan fingerprint density at radius 1 is 1.33 bits per heavy atom. The van der Waals surface area contributed by atoms with Gasteiger partial charge in [0.2, 0.25) is 5.95 Å². The molecule has 0 radical (unpaired) electrons. The molecule has 2 heterocycles. The van der Waals surface area contributed by atoms with Gasteiger partial charge in [-0.05, 0) is 36.8 Å². The van der Waals surface area contributed by atoms with Crippen LogP contribution < -0.4 is 5.32 Å². The van der Waals surface area contributed by atoms with Gasteiger partial charge < -0.3 is 10.1 Å². The number of fused-ring (bicyclic) bond motifs is 3. The standard InChI is InChI=1S/C21H18ClN3O2/c1-3-11-27-20(26)18-13(2)23-21-24-16-9-4-5-10-17(16)25(21)19(18)14-7-6-8-15(22)12-14/h3-10,12,19H,1,11H2,2H3,(H,23,24)/t19-/m1/s1. The predicted molar refractivity (Wildman–Crippen MR) is 107 cm³/mol. The SMILES string of the molecule is C=CCOC(=O)C1=C(C)Nc2nc3ccccc3n2[C@@H]1c1cccc(Cl)c1. The minimum absolute atomic E-state index is 0.148. The molecule has 2 aromatic carbocycles. The van der Waals surface area contributed by atoms with Crippen LogP contribution in [0, 0.1) is 0 Å². The van der Waals surface area contributed by atoms with Crippen LogP contribution in [-0.2, 0) is 9.53 Å². The molecule has 0 aliphatic carbocycles. The maximum absolute atomic E-state index is 12.9. The first kappa shape index (κ1) is 17.4. The number of carbonyl (C=O) groups excluding carboxylic acids is 1. The number of halogens is 1. The molecule has 1 aromatic heterocycles. The third-order valence-electron chi connectivity index (χ3n) is 4.55. The van der Waals surface area contributed by atoms with Gasteiger partial charge in [-0.1, -0.05) is 48.5 Å². The van der Waals surface area contributed by atoms with E-state index in [2.05, 4.69) is 16.9 Å². The number of esters is 1. The molecule has 27 heavy (non-hydrogen) atoms. The van der Waals surface area contributed by atoms with Crippen LogP contribution in [0.1, 0.15) is 18.5 Å². The normalized spacial score (nSPS) is 16.0. The number of allylic oxidation sites excluding steroid dienone is 1. The van der Waals surface area contributed by atoms with E-state index >= 15 is 0 Å². The molecule has 0 bridgehead atoms. The van der Waals surface area contributed by atoms with E-state index in [4.69, 9.17) is 16.3 Å². The van der Waals surface area contributed by atoms with Crippen molar-refractivity contribution in [1.29, 1.82) is 0 Å². The van der Waals surface area contributed by atoms with E-state index in [0.717, 1.165) is 16.6 Å². The van der Waals surface area contributed by atoms with Crippen LogP contribution >= 0.6 is 11.6 Å². The van der Waals surface area contributed by atoms with Crippen LogP contribution in [0.5, 0.6) is 0 Å². The number of anilines is 1. The Bertz CT molecular complexity index is 1080. The summed E-state index contributed by atoms with van der Waals surface area (Å²) >= 11 is 6.24. The van der Waals surface area contributed by atoms with Gasteiger partial charge >= 0.3 is 5.97 Å². The molecular weight excluding hydrogens is 362 g/mol. The minimum Gasteiger partial charge on any atom is -0.458 e. The van der Waals surface area contributed by atoms with Gasteiger partial charge in [0.1, 0.15) is 6.61 Å². The first-order chi connectivity index (χ1) is 13.1. The van der Waals surface area contributed by atoms with Crippen LogP contribution in [0.15, 0.2) is 72.5 Å². The Kier molecular flexibility index (Phi) is 4.46. The molecule has 4 rings (SSSR count). The molecule has 0 spiro atoms. The fourth-order valence-corrected chi connectivity index (χ4v) is 3.63. The zero-order valence-electron chi connectivity index (χ0n) is 14.8. The monoisotopic (exact) mass is 379 g/mol. The topological polar surface area (TPSA) is 56.1 Å². The number of ether oxygens (including phenoxy) is 1. The molecule has 1 aliphatic heterocycles. The third-order valence-corrected chi connectivity index (χ3v) is 4.78.